The van der Waals surface area contributed by atoms with Gasteiger partial charge < -0.3 is 15.1 Å². The second-order valence-corrected chi connectivity index (χ2v) is 8.46. The van der Waals surface area contributed by atoms with Crippen LogP contribution in [0.4, 0.5) is 0 Å². The summed E-state index contributed by atoms with van der Waals surface area (Å²) in [5.74, 6) is -1.83. The summed E-state index contributed by atoms with van der Waals surface area (Å²) >= 11 is 9.20. The smallest absolute Gasteiger partial charge is 0.321 e. The molecule has 0 spiro atoms. The molecule has 0 radical (unpaired) electrons. The second kappa shape index (κ2) is 14.7. The molecule has 1 aliphatic heterocycles. The van der Waals surface area contributed by atoms with Gasteiger partial charge in [-0.1, -0.05) is 6.07 Å². The number of aliphatic carboxylic acids is 2. The number of nitrogens with zero attached hydrogens (tertiary/aromatic N) is 6. The van der Waals surface area contributed by atoms with Crippen molar-refractivity contribution >= 4 is 46.7 Å². The van der Waals surface area contributed by atoms with E-state index in [9.17, 15) is 19.8 Å². The van der Waals surface area contributed by atoms with E-state index in [0.717, 1.165) is 11.4 Å². The molecule has 2 unspecified atom stereocenters. The number of aliphatic imine (C=N–C) groups is 2. The molecular formula is C22H30N6O4S2. The Bertz CT molecular complexity index is 866. The number of aromatic nitrogens is 1. The van der Waals surface area contributed by atoms with Crippen molar-refractivity contribution in [1.82, 2.24) is 19.7 Å². The van der Waals surface area contributed by atoms with Crippen molar-refractivity contribution in [2.24, 2.45) is 9.98 Å². The number of likely N-dealkylation sites (N-methyl/N-ethyl adjacent to an activating group) is 1. The van der Waals surface area contributed by atoms with Gasteiger partial charge in [0.15, 0.2) is 0 Å². The third kappa shape index (κ3) is 9.08. The number of carbonyl (C=O) groups is 2. The topological polar surface area (TPSA) is 122 Å². The highest BCUT2D eigenvalue weighted by Gasteiger charge is 2.28. The first-order chi connectivity index (χ1) is 16.3. The highest BCUT2D eigenvalue weighted by Crippen LogP contribution is 2.15. The number of carboxylic acids is 2. The Labute approximate surface area is 210 Å². The first-order valence-corrected chi connectivity index (χ1v) is 11.8. The van der Waals surface area contributed by atoms with Crippen LogP contribution in [0.5, 0.6) is 0 Å². The Morgan fingerprint density at radius 2 is 1.38 bits per heavy atom. The van der Waals surface area contributed by atoms with Gasteiger partial charge in [-0.15, -0.1) is 0 Å². The normalized spacial score (nSPS) is 17.8. The molecule has 0 fully saturated rings. The molecule has 34 heavy (non-hydrogen) atoms. The fraction of sp³-hybridized carbons (Fsp3) is 0.591. The minimum absolute atomic E-state index is 0.291. The number of fused-ring (bicyclic) bond motifs is 2. The summed E-state index contributed by atoms with van der Waals surface area (Å²) in [6.07, 6.45) is 0.640. The van der Waals surface area contributed by atoms with Gasteiger partial charge >= 0.3 is 11.9 Å². The Morgan fingerprint density at radius 1 is 0.941 bits per heavy atom. The highest BCUT2D eigenvalue weighted by atomic mass is 32.1. The molecule has 0 saturated carbocycles. The number of hydrogen-bond donors (Lipinski definition) is 2. The molecule has 0 aromatic carbocycles. The van der Waals surface area contributed by atoms with E-state index in [1.165, 1.54) is 0 Å². The minimum Gasteiger partial charge on any atom is -0.480 e. The van der Waals surface area contributed by atoms with Gasteiger partial charge in [0.05, 0.1) is 34.8 Å². The molecule has 1 aromatic rings. The van der Waals surface area contributed by atoms with E-state index >= 15 is 0 Å². The first-order valence-electron chi connectivity index (χ1n) is 11.0. The molecule has 10 nitrogen and oxygen atoms in total. The quantitative estimate of drug-likeness (QED) is 0.357. The molecule has 2 N–H and O–H groups in total. The Hall–Kier alpha value is -2.43. The van der Waals surface area contributed by atoms with Crippen molar-refractivity contribution in [3.63, 3.8) is 0 Å². The van der Waals surface area contributed by atoms with Crippen LogP contribution < -0.4 is 0 Å². The first kappa shape index (κ1) is 27.8. The lowest BCUT2D eigenvalue weighted by atomic mass is 10.1. The summed E-state index contributed by atoms with van der Waals surface area (Å²) in [6.45, 7) is 3.52. The van der Waals surface area contributed by atoms with Crippen molar-refractivity contribution in [3.05, 3.63) is 29.6 Å². The molecule has 12 heteroatoms. The van der Waals surface area contributed by atoms with Crippen LogP contribution in [-0.4, -0.2) is 111 Å². The Morgan fingerprint density at radius 3 is 1.76 bits per heavy atom. The van der Waals surface area contributed by atoms with Crippen molar-refractivity contribution in [2.45, 2.75) is 38.0 Å². The van der Waals surface area contributed by atoms with Crippen LogP contribution in [0.1, 0.15) is 24.2 Å². The molecular weight excluding hydrogens is 476 g/mol. The maximum absolute atomic E-state index is 12.0. The standard InChI is InChI=1S/C22H30N6O4S2/c1-26-9-11-27(19(21(29)30)5-7-23-15-33)13-17-3-2-4-18(25-17)14-28(12-10-26)20(22(31)32)6-8-24-16-34/h2-4,19-20H,5-14H2,1H3,(H,29,30)(H,31,32). The maximum atomic E-state index is 12.0. The molecule has 0 aliphatic carbocycles. The van der Waals surface area contributed by atoms with Gasteiger partial charge in [0.1, 0.15) is 12.1 Å². The van der Waals surface area contributed by atoms with E-state index in [2.05, 4.69) is 49.6 Å². The van der Waals surface area contributed by atoms with Gasteiger partial charge in [-0.05, 0) is 56.5 Å². The van der Waals surface area contributed by atoms with Gasteiger partial charge in [0.25, 0.3) is 0 Å². The molecule has 2 atom stereocenters. The van der Waals surface area contributed by atoms with Crippen molar-refractivity contribution in [3.8, 4) is 0 Å². The van der Waals surface area contributed by atoms with Gasteiger partial charge in [0, 0.05) is 39.3 Å². The monoisotopic (exact) mass is 506 g/mol. The van der Waals surface area contributed by atoms with E-state index in [-0.39, 0.29) is 0 Å². The van der Waals surface area contributed by atoms with Crippen LogP contribution in [0.25, 0.3) is 0 Å². The van der Waals surface area contributed by atoms with Gasteiger partial charge in [-0.25, -0.2) is 9.98 Å². The zero-order chi connectivity index (χ0) is 24.9. The van der Waals surface area contributed by atoms with Gasteiger partial charge in [-0.2, -0.15) is 0 Å². The van der Waals surface area contributed by atoms with Gasteiger partial charge in [0.2, 0.25) is 0 Å². The van der Waals surface area contributed by atoms with Crippen molar-refractivity contribution in [1.29, 1.82) is 0 Å². The number of rotatable bonds is 10. The number of hydrogen-bond acceptors (Lipinski definition) is 10. The van der Waals surface area contributed by atoms with Crippen LogP contribution >= 0.6 is 24.4 Å². The fourth-order valence-electron chi connectivity index (χ4n) is 3.91. The van der Waals surface area contributed by atoms with Crippen LogP contribution in [0.2, 0.25) is 0 Å². The van der Waals surface area contributed by atoms with E-state index in [1.54, 1.807) is 0 Å². The SMILES string of the molecule is CN1CCN(C(CCN=C=S)C(=O)O)Cc2cccc(n2)CN(C(CCN=C=S)C(=O)O)CC1. The lowest BCUT2D eigenvalue weighted by Crippen LogP contribution is -2.47. The van der Waals surface area contributed by atoms with E-state index in [0.29, 0.717) is 65.2 Å². The van der Waals surface area contributed by atoms with E-state index in [1.807, 2.05) is 35.0 Å². The number of carboxylic acid groups (broad SMARTS) is 2. The average Bonchev–Trinajstić information content (AvgIpc) is 2.79. The number of thiocarbonyl (C=S) groups is 2. The third-order valence-electron chi connectivity index (χ3n) is 5.74. The maximum Gasteiger partial charge on any atom is 0.321 e. The molecule has 2 rings (SSSR count). The van der Waals surface area contributed by atoms with Gasteiger partial charge in [-0.3, -0.25) is 24.4 Å². The molecule has 0 saturated heterocycles. The lowest BCUT2D eigenvalue weighted by molar-refractivity contribution is -0.144. The molecule has 2 bridgehead atoms. The summed E-state index contributed by atoms with van der Waals surface area (Å²) in [6, 6.07) is 4.11. The summed E-state index contributed by atoms with van der Waals surface area (Å²) in [5.41, 5.74) is 1.45. The fourth-order valence-corrected chi connectivity index (χ4v) is 4.09. The Kier molecular flexibility index (Phi) is 12.1. The van der Waals surface area contributed by atoms with Crippen LogP contribution in [0.15, 0.2) is 28.2 Å². The molecule has 2 heterocycles. The van der Waals surface area contributed by atoms with Crippen molar-refractivity contribution < 1.29 is 19.8 Å². The largest absolute Gasteiger partial charge is 0.480 e. The summed E-state index contributed by atoms with van der Waals surface area (Å²) in [5, 5.41) is 24.3. The zero-order valence-electron chi connectivity index (χ0n) is 19.2. The zero-order valence-corrected chi connectivity index (χ0v) is 20.8. The molecule has 184 valence electrons. The summed E-state index contributed by atoms with van der Waals surface area (Å²) < 4.78 is 0. The number of pyridine rings is 1. The second-order valence-electron chi connectivity index (χ2n) is 8.10. The Balaban J connectivity index is 2.32. The highest BCUT2D eigenvalue weighted by molar-refractivity contribution is 7.78. The van der Waals surface area contributed by atoms with Crippen molar-refractivity contribution in [2.75, 3.05) is 46.3 Å². The average molecular weight is 507 g/mol. The summed E-state index contributed by atoms with van der Waals surface area (Å²) in [7, 11) is 1.94. The summed E-state index contributed by atoms with van der Waals surface area (Å²) in [4.78, 5) is 42.4. The van der Waals surface area contributed by atoms with E-state index < -0.39 is 24.0 Å². The van der Waals surface area contributed by atoms with Crippen LogP contribution in [0, 0.1) is 0 Å². The molecule has 1 aromatic heterocycles. The van der Waals surface area contributed by atoms with Crippen LogP contribution in [0.3, 0.4) is 0 Å². The van der Waals surface area contributed by atoms with E-state index in [4.69, 9.17) is 4.98 Å². The van der Waals surface area contributed by atoms with Crippen LogP contribution in [-0.2, 0) is 22.7 Å². The predicted molar refractivity (Wildman–Crippen MR) is 134 cm³/mol. The third-order valence-corrected chi connectivity index (χ3v) is 6.00. The molecule has 0 amide bonds. The lowest BCUT2D eigenvalue weighted by Gasteiger charge is -2.33. The minimum atomic E-state index is -0.917. The predicted octanol–water partition coefficient (Wildman–Crippen LogP) is 1.52. The number of isothiocyanates is 2. The molecule has 1 aliphatic rings.